The van der Waals surface area contributed by atoms with Crippen molar-refractivity contribution in [3.05, 3.63) is 119 Å². The quantitative estimate of drug-likeness (QED) is 0.222. The van der Waals surface area contributed by atoms with Crippen molar-refractivity contribution in [1.29, 1.82) is 0 Å². The topological polar surface area (TPSA) is 136 Å². The number of nitrogens with two attached hydrogens (primary N) is 2. The van der Waals surface area contributed by atoms with E-state index in [0.29, 0.717) is 17.1 Å². The summed E-state index contributed by atoms with van der Waals surface area (Å²) in [6.07, 6.45) is 0. The molecule has 0 spiro atoms. The largest absolute Gasteiger partial charge is 0.478 e. The second-order valence-electron chi connectivity index (χ2n) is 7.76. The van der Waals surface area contributed by atoms with E-state index in [0.717, 1.165) is 16.7 Å². The van der Waals surface area contributed by atoms with E-state index in [1.807, 2.05) is 60.7 Å². The Bertz CT molecular complexity index is 1290. The molecule has 0 saturated heterocycles. The van der Waals surface area contributed by atoms with E-state index in [9.17, 15) is 19.8 Å². The zero-order chi connectivity index (χ0) is 24.2. The molecule has 0 amide bonds. The van der Waals surface area contributed by atoms with Crippen LogP contribution < -0.4 is 16.2 Å². The van der Waals surface area contributed by atoms with Crippen LogP contribution in [-0.2, 0) is 0 Å². The first-order valence-corrected chi connectivity index (χ1v) is 10.4. The first kappa shape index (κ1) is 22.4. The Balaban J connectivity index is 1.65. The number of benzene rings is 4. The highest BCUT2D eigenvalue weighted by molar-refractivity contribution is 6.02. The van der Waals surface area contributed by atoms with Crippen LogP contribution in [0.5, 0.6) is 11.5 Å². The summed E-state index contributed by atoms with van der Waals surface area (Å²) in [6.45, 7) is 0. The Morgan fingerprint density at radius 2 is 1.00 bits per heavy atom. The van der Waals surface area contributed by atoms with Crippen LogP contribution >= 0.6 is 0 Å². The van der Waals surface area contributed by atoms with E-state index >= 15 is 0 Å². The van der Waals surface area contributed by atoms with Crippen molar-refractivity contribution in [1.82, 2.24) is 0 Å². The molecule has 0 unspecified atom stereocenters. The van der Waals surface area contributed by atoms with Gasteiger partial charge in [0, 0.05) is 17.3 Å². The fourth-order valence-electron chi connectivity index (χ4n) is 3.77. The second kappa shape index (κ2) is 9.38. The number of aromatic carboxylic acids is 2. The normalized spacial score (nSPS) is 10.7. The predicted octanol–water partition coefficient (Wildman–Crippen LogP) is 5.22. The van der Waals surface area contributed by atoms with Crippen LogP contribution in [0.1, 0.15) is 43.3 Å². The third kappa shape index (κ3) is 4.83. The third-order valence-corrected chi connectivity index (χ3v) is 5.44. The Hall–Kier alpha value is -4.78. The summed E-state index contributed by atoms with van der Waals surface area (Å²) in [5.41, 5.74) is 15.6. The van der Waals surface area contributed by atoms with Gasteiger partial charge in [0.05, 0.1) is 11.1 Å². The van der Waals surface area contributed by atoms with Gasteiger partial charge in [0.1, 0.15) is 11.5 Å². The Kier molecular flexibility index (Phi) is 6.18. The van der Waals surface area contributed by atoms with Crippen molar-refractivity contribution in [3.8, 4) is 11.5 Å². The van der Waals surface area contributed by atoms with Gasteiger partial charge in [-0.05, 0) is 71.3 Å². The number of hydrogen-bond donors (Lipinski definition) is 4. The zero-order valence-corrected chi connectivity index (χ0v) is 18.0. The molecule has 0 heterocycles. The van der Waals surface area contributed by atoms with E-state index < -0.39 is 11.9 Å². The molecule has 0 bridgehead atoms. The molecule has 6 N–H and O–H groups in total. The Labute approximate surface area is 195 Å². The molecule has 0 aliphatic heterocycles. The average molecular weight is 454 g/mol. The van der Waals surface area contributed by atoms with Crippen LogP contribution in [0.2, 0.25) is 0 Å². The summed E-state index contributed by atoms with van der Waals surface area (Å²) in [5.74, 6) is -2.01. The maximum Gasteiger partial charge on any atom is 0.336 e. The molecule has 0 aromatic heterocycles. The van der Waals surface area contributed by atoms with Crippen LogP contribution in [-0.4, -0.2) is 22.2 Å². The Morgan fingerprint density at radius 3 is 1.44 bits per heavy atom. The summed E-state index contributed by atoms with van der Waals surface area (Å²) >= 11 is 0. The second-order valence-corrected chi connectivity index (χ2v) is 7.76. The van der Waals surface area contributed by atoms with Gasteiger partial charge in [-0.15, -0.1) is 0 Å². The predicted molar refractivity (Wildman–Crippen MR) is 130 cm³/mol. The molecule has 0 saturated carbocycles. The molecule has 0 atom stereocenters. The van der Waals surface area contributed by atoms with Gasteiger partial charge in [-0.2, -0.15) is 0 Å². The number of anilines is 2. The van der Waals surface area contributed by atoms with E-state index in [1.165, 1.54) is 18.2 Å². The maximum atomic E-state index is 11.4. The van der Waals surface area contributed by atoms with Crippen molar-refractivity contribution in [2.24, 2.45) is 0 Å². The summed E-state index contributed by atoms with van der Waals surface area (Å²) in [6, 6.07) is 26.6. The smallest absolute Gasteiger partial charge is 0.336 e. The molecule has 0 aliphatic rings. The molecular formula is C27H22N2O5. The minimum atomic E-state index is -1.34. The molecule has 7 heteroatoms. The summed E-state index contributed by atoms with van der Waals surface area (Å²) in [5, 5.41) is 18.5. The molecule has 4 rings (SSSR count). The molecule has 0 radical (unpaired) electrons. The molecule has 7 nitrogen and oxygen atoms in total. The lowest BCUT2D eigenvalue weighted by molar-refractivity contribution is 0.0651. The summed E-state index contributed by atoms with van der Waals surface area (Å²) < 4.78 is 5.79. The number of carboxylic acids is 2. The maximum absolute atomic E-state index is 11.4. The molecular weight excluding hydrogens is 432 g/mol. The first-order chi connectivity index (χ1) is 16.3. The highest BCUT2D eigenvalue weighted by atomic mass is 16.5. The lowest BCUT2D eigenvalue weighted by Gasteiger charge is -2.20. The number of rotatable bonds is 7. The SMILES string of the molecule is Nc1ccc(C(c2ccc(N)cc2)c2ccc(Oc3ccc(C(=O)O)c(C(=O)O)c3)cc2)cc1. The van der Waals surface area contributed by atoms with Gasteiger partial charge in [-0.25, -0.2) is 9.59 Å². The molecule has 0 aliphatic carbocycles. The highest BCUT2D eigenvalue weighted by Gasteiger charge is 2.19. The number of hydrogen-bond acceptors (Lipinski definition) is 5. The van der Waals surface area contributed by atoms with Gasteiger partial charge >= 0.3 is 11.9 Å². The van der Waals surface area contributed by atoms with Gasteiger partial charge in [0.25, 0.3) is 0 Å². The molecule has 4 aromatic carbocycles. The lowest BCUT2D eigenvalue weighted by Crippen LogP contribution is -2.08. The number of carbonyl (C=O) groups is 2. The van der Waals surface area contributed by atoms with Gasteiger partial charge in [0.15, 0.2) is 0 Å². The van der Waals surface area contributed by atoms with Crippen LogP contribution in [0.3, 0.4) is 0 Å². The van der Waals surface area contributed by atoms with Crippen molar-refractivity contribution in [2.45, 2.75) is 5.92 Å². The first-order valence-electron chi connectivity index (χ1n) is 10.4. The molecule has 34 heavy (non-hydrogen) atoms. The summed E-state index contributed by atoms with van der Waals surface area (Å²) in [4.78, 5) is 22.7. The van der Waals surface area contributed by atoms with Gasteiger partial charge < -0.3 is 26.4 Å². The monoisotopic (exact) mass is 454 g/mol. The third-order valence-electron chi connectivity index (χ3n) is 5.44. The number of carboxylic acid groups (broad SMARTS) is 2. The minimum Gasteiger partial charge on any atom is -0.478 e. The zero-order valence-electron chi connectivity index (χ0n) is 18.0. The van der Waals surface area contributed by atoms with E-state index in [4.69, 9.17) is 16.2 Å². The van der Waals surface area contributed by atoms with Crippen LogP contribution in [0, 0.1) is 0 Å². The van der Waals surface area contributed by atoms with Crippen molar-refractivity contribution >= 4 is 23.3 Å². The minimum absolute atomic E-state index is 0.0660. The molecule has 0 fully saturated rings. The van der Waals surface area contributed by atoms with E-state index in [2.05, 4.69) is 0 Å². The van der Waals surface area contributed by atoms with E-state index in [1.54, 1.807) is 12.1 Å². The van der Waals surface area contributed by atoms with Gasteiger partial charge in [-0.3, -0.25) is 0 Å². The number of nitrogen functional groups attached to an aromatic ring is 2. The van der Waals surface area contributed by atoms with E-state index in [-0.39, 0.29) is 22.8 Å². The van der Waals surface area contributed by atoms with Crippen molar-refractivity contribution in [2.75, 3.05) is 11.5 Å². The van der Waals surface area contributed by atoms with Crippen LogP contribution in [0.15, 0.2) is 91.0 Å². The standard InChI is InChI=1S/C27H22N2O5/c28-19-7-1-16(2-8-19)25(17-3-9-20(29)10-4-17)18-5-11-21(12-6-18)34-22-13-14-23(26(30)31)24(15-22)27(32)33/h1-15,25H,28-29H2,(H,30,31)(H,32,33). The highest BCUT2D eigenvalue weighted by Crippen LogP contribution is 2.34. The number of ether oxygens (including phenoxy) is 1. The molecule has 170 valence electrons. The fraction of sp³-hybridized carbons (Fsp3) is 0.0370. The van der Waals surface area contributed by atoms with Crippen LogP contribution in [0.25, 0.3) is 0 Å². The lowest BCUT2D eigenvalue weighted by atomic mass is 9.85. The Morgan fingerprint density at radius 1 is 0.588 bits per heavy atom. The van der Waals surface area contributed by atoms with Gasteiger partial charge in [0.2, 0.25) is 0 Å². The van der Waals surface area contributed by atoms with Gasteiger partial charge in [-0.1, -0.05) is 36.4 Å². The average Bonchev–Trinajstić information content (AvgIpc) is 2.82. The van der Waals surface area contributed by atoms with Crippen molar-refractivity contribution < 1.29 is 24.5 Å². The molecule has 4 aromatic rings. The van der Waals surface area contributed by atoms with Crippen molar-refractivity contribution in [3.63, 3.8) is 0 Å². The summed E-state index contributed by atoms with van der Waals surface area (Å²) in [7, 11) is 0. The fourth-order valence-corrected chi connectivity index (χ4v) is 3.77. The van der Waals surface area contributed by atoms with Crippen LogP contribution in [0.4, 0.5) is 11.4 Å².